The van der Waals surface area contributed by atoms with Crippen LogP contribution in [-0.4, -0.2) is 45.3 Å². The molecule has 1 aliphatic heterocycles. The molecule has 3 aromatic rings. The molecule has 0 radical (unpaired) electrons. The van der Waals surface area contributed by atoms with E-state index in [9.17, 15) is 17.8 Å². The van der Waals surface area contributed by atoms with Gasteiger partial charge in [0.15, 0.2) is 17.4 Å². The zero-order valence-corrected chi connectivity index (χ0v) is 22.9. The number of hydrogen-bond acceptors (Lipinski definition) is 8. The fraction of sp³-hybridized carbons (Fsp3) is 0.370. The Morgan fingerprint density at radius 1 is 1.10 bits per heavy atom. The van der Waals surface area contributed by atoms with Crippen LogP contribution in [0.25, 0.3) is 11.3 Å². The number of amides is 1. The smallest absolute Gasteiger partial charge is 0.442 e. The number of nitrogens with one attached hydrogen (secondary N) is 1. The van der Waals surface area contributed by atoms with Crippen molar-refractivity contribution in [3.05, 3.63) is 59.8 Å². The quantitative estimate of drug-likeness (QED) is 0.392. The average molecular weight is 561 g/mol. The molecule has 0 fully saturated rings. The number of carbonyl (C=O) groups is 1. The first-order valence-electron chi connectivity index (χ1n) is 12.3. The highest BCUT2D eigenvalue weighted by Gasteiger charge is 2.19. The van der Waals surface area contributed by atoms with Gasteiger partial charge in [0.2, 0.25) is 5.95 Å². The second-order valence-electron chi connectivity index (χ2n) is 10.1. The molecule has 6 bridgehead atoms. The molecule has 0 aliphatic carbocycles. The topological polar surface area (TPSA) is 112 Å². The highest BCUT2D eigenvalue weighted by molar-refractivity contribution is 7.92. The van der Waals surface area contributed by atoms with Gasteiger partial charge in [-0.3, -0.25) is 0 Å². The summed E-state index contributed by atoms with van der Waals surface area (Å²) in [4.78, 5) is 20.5. The van der Waals surface area contributed by atoms with Gasteiger partial charge in [0.25, 0.3) is 0 Å². The Morgan fingerprint density at radius 3 is 2.59 bits per heavy atom. The van der Waals surface area contributed by atoms with Crippen molar-refractivity contribution in [3.8, 4) is 22.8 Å². The molecular weight excluding hydrogens is 530 g/mol. The van der Waals surface area contributed by atoms with Crippen molar-refractivity contribution in [2.24, 2.45) is 4.36 Å². The second-order valence-corrected chi connectivity index (χ2v) is 12.5. The summed E-state index contributed by atoms with van der Waals surface area (Å²) in [6.07, 6.45) is 2.68. The van der Waals surface area contributed by atoms with E-state index in [1.807, 2.05) is 0 Å². The van der Waals surface area contributed by atoms with Gasteiger partial charge in [0.05, 0.1) is 34.9 Å². The Morgan fingerprint density at radius 2 is 1.85 bits per heavy atom. The van der Waals surface area contributed by atoms with Crippen molar-refractivity contribution in [2.75, 3.05) is 24.8 Å². The average Bonchev–Trinajstić information content (AvgIpc) is 2.81. The molecule has 4 rings (SSSR count). The van der Waals surface area contributed by atoms with Gasteiger partial charge in [-0.05, 0) is 69.5 Å². The van der Waals surface area contributed by atoms with Crippen LogP contribution in [0.15, 0.2) is 47.0 Å². The molecule has 2 aromatic carbocycles. The number of benzene rings is 2. The third kappa shape index (κ3) is 8.09. The van der Waals surface area contributed by atoms with Crippen LogP contribution in [0.3, 0.4) is 0 Å². The van der Waals surface area contributed by atoms with Crippen LogP contribution in [0.4, 0.5) is 25.2 Å². The number of fused-ring (bicyclic) bond motifs is 7. The van der Waals surface area contributed by atoms with Crippen LogP contribution in [0.5, 0.6) is 11.5 Å². The zero-order valence-electron chi connectivity index (χ0n) is 22.1. The molecular formula is C27H30F2N4O5S. The minimum Gasteiger partial charge on any atom is -0.494 e. The van der Waals surface area contributed by atoms with Crippen molar-refractivity contribution in [1.29, 1.82) is 0 Å². The number of aromatic nitrogens is 2. The van der Waals surface area contributed by atoms with Crippen LogP contribution in [-0.2, 0) is 20.2 Å². The van der Waals surface area contributed by atoms with Gasteiger partial charge in [-0.15, -0.1) is 4.36 Å². The van der Waals surface area contributed by atoms with E-state index in [2.05, 4.69) is 19.6 Å². The van der Waals surface area contributed by atoms with Crippen molar-refractivity contribution in [3.63, 3.8) is 0 Å². The van der Waals surface area contributed by atoms with Crippen LogP contribution in [0, 0.1) is 11.6 Å². The molecule has 9 nitrogen and oxygen atoms in total. The molecule has 12 heteroatoms. The Balaban J connectivity index is 1.69. The number of carbonyl (C=O) groups excluding carboxylic acids is 1. The molecule has 1 amide bonds. The zero-order chi connectivity index (χ0) is 28.2. The minimum absolute atomic E-state index is 0.00264. The second kappa shape index (κ2) is 11.5. The summed E-state index contributed by atoms with van der Waals surface area (Å²) in [6, 6.07) is 9.12. The fourth-order valence-electron chi connectivity index (χ4n) is 3.78. The summed E-state index contributed by atoms with van der Waals surface area (Å²) >= 11 is 0. The van der Waals surface area contributed by atoms with Crippen molar-refractivity contribution in [2.45, 2.75) is 45.0 Å². The number of anilines is 2. The lowest BCUT2D eigenvalue weighted by Gasteiger charge is -2.18. The Hall–Kier alpha value is -3.80. The number of hydrogen-bond donors (Lipinski definition) is 1. The first kappa shape index (κ1) is 28.2. The molecule has 1 unspecified atom stereocenters. The molecule has 0 saturated heterocycles. The normalized spacial score (nSPS) is 15.1. The Bertz CT molecular complexity index is 1500. The van der Waals surface area contributed by atoms with Crippen molar-refractivity contribution >= 4 is 27.5 Å². The fourth-order valence-corrected chi connectivity index (χ4v) is 4.98. The maximum atomic E-state index is 14.7. The molecule has 2 heterocycles. The highest BCUT2D eigenvalue weighted by Crippen LogP contribution is 2.30. The van der Waals surface area contributed by atoms with E-state index < -0.39 is 33.1 Å². The van der Waals surface area contributed by atoms with Gasteiger partial charge in [0.1, 0.15) is 17.0 Å². The summed E-state index contributed by atoms with van der Waals surface area (Å²) in [5, 5.41) is 3.02. The van der Waals surface area contributed by atoms with E-state index >= 15 is 0 Å². The Kier molecular flexibility index (Phi) is 8.34. The molecule has 0 spiro atoms. The number of rotatable bonds is 2. The lowest BCUT2D eigenvalue weighted by atomic mass is 10.1. The SMILES string of the molecule is CC(C)(C)OC(=O)N=S(C)(=O)Cc1cc2cc(c1)OCCCCOc1cc(ccc1F)-c1nc(ncc1F)N2. The van der Waals surface area contributed by atoms with Crippen LogP contribution < -0.4 is 14.8 Å². The Labute approximate surface area is 226 Å². The van der Waals surface area contributed by atoms with E-state index in [4.69, 9.17) is 14.2 Å². The molecule has 0 saturated carbocycles. The van der Waals surface area contributed by atoms with Crippen LogP contribution in [0.1, 0.15) is 39.2 Å². The van der Waals surface area contributed by atoms with E-state index in [0.29, 0.717) is 42.0 Å². The summed E-state index contributed by atoms with van der Waals surface area (Å²) in [6.45, 7) is 5.67. The number of ether oxygens (including phenoxy) is 3. The predicted octanol–water partition coefficient (Wildman–Crippen LogP) is 6.25. The standard InChI is InChI=1S/C27H30F2N4O5S/c1-27(2,3)38-26(34)33-39(4,35)16-17-11-19-14-20(12-17)36-9-5-6-10-37-23-13-18(7-8-21(23)28)24-22(29)15-30-25(31-19)32-24/h7-8,11-15H,5-6,9-10,16H2,1-4H3,(H,30,31,32). The summed E-state index contributed by atoms with van der Waals surface area (Å²) in [5.74, 6) is -0.760. The maximum Gasteiger partial charge on any atom is 0.442 e. The highest BCUT2D eigenvalue weighted by atomic mass is 32.2. The van der Waals surface area contributed by atoms with E-state index in [1.165, 1.54) is 24.5 Å². The largest absolute Gasteiger partial charge is 0.494 e. The van der Waals surface area contributed by atoms with Crippen LogP contribution in [0.2, 0.25) is 0 Å². The van der Waals surface area contributed by atoms with Gasteiger partial charge < -0.3 is 19.5 Å². The lowest BCUT2D eigenvalue weighted by molar-refractivity contribution is 0.0607. The number of nitrogens with zero attached hydrogens (tertiary/aromatic N) is 3. The maximum absolute atomic E-state index is 14.7. The molecule has 1 N–H and O–H groups in total. The van der Waals surface area contributed by atoms with Gasteiger partial charge in [0, 0.05) is 23.6 Å². The van der Waals surface area contributed by atoms with Gasteiger partial charge in [-0.2, -0.15) is 0 Å². The van der Waals surface area contributed by atoms with Gasteiger partial charge in [-0.25, -0.2) is 27.8 Å². The van der Waals surface area contributed by atoms with E-state index in [1.54, 1.807) is 39.0 Å². The third-order valence-electron chi connectivity index (χ3n) is 5.33. The third-order valence-corrected chi connectivity index (χ3v) is 6.74. The molecule has 39 heavy (non-hydrogen) atoms. The molecule has 1 aromatic heterocycles. The van der Waals surface area contributed by atoms with Crippen molar-refractivity contribution in [1.82, 2.24) is 9.97 Å². The first-order valence-corrected chi connectivity index (χ1v) is 14.4. The van der Waals surface area contributed by atoms with Crippen molar-refractivity contribution < 1.29 is 32.0 Å². The van der Waals surface area contributed by atoms with E-state index in [-0.39, 0.29) is 29.8 Å². The molecule has 1 aliphatic rings. The van der Waals surface area contributed by atoms with Gasteiger partial charge >= 0.3 is 6.09 Å². The van der Waals surface area contributed by atoms with Crippen LogP contribution >= 0.6 is 0 Å². The summed E-state index contributed by atoms with van der Waals surface area (Å²) in [5.41, 5.74) is 0.585. The predicted molar refractivity (Wildman–Crippen MR) is 144 cm³/mol. The lowest BCUT2D eigenvalue weighted by Crippen LogP contribution is -2.22. The minimum atomic E-state index is -3.00. The van der Waals surface area contributed by atoms with Gasteiger partial charge in [-0.1, -0.05) is 0 Å². The monoisotopic (exact) mass is 560 g/mol. The molecule has 208 valence electrons. The van der Waals surface area contributed by atoms with E-state index in [0.717, 1.165) is 6.20 Å². The first-order chi connectivity index (χ1) is 18.4. The molecule has 1 atom stereocenters. The number of halogens is 2. The summed E-state index contributed by atoms with van der Waals surface area (Å²) in [7, 11) is -3.00. The summed E-state index contributed by atoms with van der Waals surface area (Å²) < 4.78 is 62.5.